The summed E-state index contributed by atoms with van der Waals surface area (Å²) in [6.45, 7) is 0.931. The number of rotatable bonds is 4. The van der Waals surface area contributed by atoms with Gasteiger partial charge in [-0.15, -0.1) is 0 Å². The molecule has 4 heteroatoms. The zero-order valence-electron chi connectivity index (χ0n) is 8.54. The summed E-state index contributed by atoms with van der Waals surface area (Å²) in [6.07, 6.45) is 1.58. The summed E-state index contributed by atoms with van der Waals surface area (Å²) in [5.74, 6) is -0.332. The van der Waals surface area contributed by atoms with E-state index in [1.54, 1.807) is 12.3 Å². The molecule has 0 aliphatic carbocycles. The molecule has 1 aromatic heterocycles. The molecule has 0 fully saturated rings. The molecule has 0 spiro atoms. The van der Waals surface area contributed by atoms with Gasteiger partial charge in [-0.05, 0) is 29.8 Å². The van der Waals surface area contributed by atoms with Crippen LogP contribution in [0.25, 0.3) is 0 Å². The summed E-state index contributed by atoms with van der Waals surface area (Å²) in [5, 5.41) is 3.03. The highest BCUT2D eigenvalue weighted by Gasteiger charge is 2.01. The van der Waals surface area contributed by atoms with Gasteiger partial charge in [0.1, 0.15) is 17.4 Å². The van der Waals surface area contributed by atoms with E-state index in [4.69, 9.17) is 4.42 Å². The Kier molecular flexibility index (Phi) is 3.31. The van der Waals surface area contributed by atoms with Crippen LogP contribution in [0.3, 0.4) is 0 Å². The zero-order valence-corrected chi connectivity index (χ0v) is 8.54. The highest BCUT2D eigenvalue weighted by Crippen LogP contribution is 2.08. The van der Waals surface area contributed by atoms with E-state index in [-0.39, 0.29) is 0 Å². The maximum absolute atomic E-state index is 12.8. The van der Waals surface area contributed by atoms with E-state index in [0.717, 1.165) is 11.8 Å². The number of hydrogen-bond donors (Lipinski definition) is 1. The van der Waals surface area contributed by atoms with Crippen molar-refractivity contribution in [2.75, 3.05) is 0 Å². The molecule has 1 heterocycles. The van der Waals surface area contributed by atoms with Gasteiger partial charge in [0.2, 0.25) is 0 Å². The highest BCUT2D eigenvalue weighted by atomic mass is 19.1. The Labute approximate surface area is 91.9 Å². The average Bonchev–Trinajstić information content (AvgIpc) is 2.69. The van der Waals surface area contributed by atoms with Gasteiger partial charge >= 0.3 is 0 Å². The summed E-state index contributed by atoms with van der Waals surface area (Å²) >= 11 is 0. The van der Waals surface area contributed by atoms with Gasteiger partial charge in [0, 0.05) is 12.6 Å². The fourth-order valence-electron chi connectivity index (χ4n) is 1.46. The van der Waals surface area contributed by atoms with Crippen LogP contribution in [0.5, 0.6) is 0 Å². The molecule has 1 aromatic carbocycles. The molecule has 16 heavy (non-hydrogen) atoms. The van der Waals surface area contributed by atoms with Crippen LogP contribution in [0.15, 0.2) is 41.0 Å². The minimum Gasteiger partial charge on any atom is -0.468 e. The number of halogens is 2. The number of nitrogens with one attached hydrogen (secondary N) is 1. The quantitative estimate of drug-likeness (QED) is 0.862. The second kappa shape index (κ2) is 4.90. The Balaban J connectivity index is 1.89. The Morgan fingerprint density at radius 2 is 1.81 bits per heavy atom. The van der Waals surface area contributed by atoms with Gasteiger partial charge < -0.3 is 9.73 Å². The van der Waals surface area contributed by atoms with Crippen molar-refractivity contribution in [3.05, 3.63) is 59.6 Å². The minimum atomic E-state index is -0.560. The minimum absolute atomic E-state index is 0.398. The lowest BCUT2D eigenvalue weighted by Crippen LogP contribution is -2.12. The van der Waals surface area contributed by atoms with Crippen molar-refractivity contribution >= 4 is 0 Å². The van der Waals surface area contributed by atoms with Crippen LogP contribution in [0, 0.1) is 11.6 Å². The van der Waals surface area contributed by atoms with Crippen LogP contribution in [0.1, 0.15) is 11.3 Å². The molecule has 0 bridgehead atoms. The third-order valence-electron chi connectivity index (χ3n) is 2.13. The molecule has 0 amide bonds. The van der Waals surface area contributed by atoms with Crippen molar-refractivity contribution in [2.24, 2.45) is 0 Å². The van der Waals surface area contributed by atoms with Crippen LogP contribution >= 0.6 is 0 Å². The lowest BCUT2D eigenvalue weighted by Gasteiger charge is -2.03. The topological polar surface area (TPSA) is 25.2 Å². The second-order valence-electron chi connectivity index (χ2n) is 3.46. The Morgan fingerprint density at radius 1 is 1.06 bits per heavy atom. The fraction of sp³-hybridized carbons (Fsp3) is 0.167. The molecule has 84 valence electrons. The molecule has 2 aromatic rings. The molecule has 0 aliphatic heterocycles. The Bertz CT molecular complexity index is 434. The van der Waals surface area contributed by atoms with Gasteiger partial charge in [-0.2, -0.15) is 0 Å². The molecule has 2 rings (SSSR count). The maximum Gasteiger partial charge on any atom is 0.126 e. The predicted molar refractivity (Wildman–Crippen MR) is 55.6 cm³/mol. The van der Waals surface area contributed by atoms with Crippen molar-refractivity contribution < 1.29 is 13.2 Å². The fourth-order valence-corrected chi connectivity index (χ4v) is 1.46. The van der Waals surface area contributed by atoms with Crippen molar-refractivity contribution in [3.63, 3.8) is 0 Å². The summed E-state index contributed by atoms with van der Waals surface area (Å²) < 4.78 is 30.8. The van der Waals surface area contributed by atoms with Gasteiger partial charge in [-0.25, -0.2) is 8.78 Å². The molecule has 0 saturated heterocycles. The predicted octanol–water partition coefficient (Wildman–Crippen LogP) is 2.85. The normalized spacial score (nSPS) is 10.6. The SMILES string of the molecule is Fc1cc(F)cc(CNCc2ccco2)c1. The maximum atomic E-state index is 12.8. The Hall–Kier alpha value is -1.68. The summed E-state index contributed by atoms with van der Waals surface area (Å²) in [4.78, 5) is 0. The number of benzene rings is 1. The lowest BCUT2D eigenvalue weighted by atomic mass is 10.2. The van der Waals surface area contributed by atoms with Crippen molar-refractivity contribution in [1.82, 2.24) is 5.32 Å². The third-order valence-corrected chi connectivity index (χ3v) is 2.13. The highest BCUT2D eigenvalue weighted by molar-refractivity contribution is 5.17. The van der Waals surface area contributed by atoms with E-state index in [2.05, 4.69) is 5.32 Å². The summed E-state index contributed by atoms with van der Waals surface area (Å²) in [6, 6.07) is 7.09. The largest absolute Gasteiger partial charge is 0.468 e. The van der Waals surface area contributed by atoms with Crippen LogP contribution < -0.4 is 5.32 Å². The smallest absolute Gasteiger partial charge is 0.126 e. The number of furan rings is 1. The summed E-state index contributed by atoms with van der Waals surface area (Å²) in [7, 11) is 0. The van der Waals surface area contributed by atoms with E-state index in [9.17, 15) is 8.78 Å². The van der Waals surface area contributed by atoms with E-state index >= 15 is 0 Å². The van der Waals surface area contributed by atoms with E-state index in [1.165, 1.54) is 12.1 Å². The van der Waals surface area contributed by atoms with E-state index < -0.39 is 11.6 Å². The first kappa shape index (κ1) is 10.8. The van der Waals surface area contributed by atoms with Gasteiger partial charge in [-0.1, -0.05) is 0 Å². The average molecular weight is 223 g/mol. The monoisotopic (exact) mass is 223 g/mol. The van der Waals surface area contributed by atoms with Crippen molar-refractivity contribution in [2.45, 2.75) is 13.1 Å². The van der Waals surface area contributed by atoms with E-state index in [0.29, 0.717) is 18.7 Å². The van der Waals surface area contributed by atoms with Gasteiger partial charge in [0.15, 0.2) is 0 Å². The Morgan fingerprint density at radius 3 is 2.44 bits per heavy atom. The van der Waals surface area contributed by atoms with Crippen LogP contribution in [-0.2, 0) is 13.1 Å². The molecular formula is C12H11F2NO. The molecule has 0 atom stereocenters. The van der Waals surface area contributed by atoms with Gasteiger partial charge in [0.25, 0.3) is 0 Å². The van der Waals surface area contributed by atoms with Crippen LogP contribution in [-0.4, -0.2) is 0 Å². The summed E-state index contributed by atoms with van der Waals surface area (Å²) in [5.41, 5.74) is 0.573. The lowest BCUT2D eigenvalue weighted by molar-refractivity contribution is 0.482. The number of hydrogen-bond acceptors (Lipinski definition) is 2. The first-order chi connectivity index (χ1) is 7.74. The first-order valence-corrected chi connectivity index (χ1v) is 4.92. The van der Waals surface area contributed by atoms with Crippen LogP contribution in [0.2, 0.25) is 0 Å². The van der Waals surface area contributed by atoms with Gasteiger partial charge in [0.05, 0.1) is 12.8 Å². The molecule has 2 nitrogen and oxygen atoms in total. The standard InChI is InChI=1S/C12H11F2NO/c13-10-4-9(5-11(14)6-10)7-15-8-12-2-1-3-16-12/h1-6,15H,7-8H2. The molecule has 0 unspecified atom stereocenters. The van der Waals surface area contributed by atoms with Crippen molar-refractivity contribution in [1.29, 1.82) is 0 Å². The molecule has 1 N–H and O–H groups in total. The second-order valence-corrected chi connectivity index (χ2v) is 3.46. The molecule has 0 saturated carbocycles. The molecule has 0 aliphatic rings. The van der Waals surface area contributed by atoms with Gasteiger partial charge in [-0.3, -0.25) is 0 Å². The molecular weight excluding hydrogens is 212 g/mol. The molecule has 0 radical (unpaired) electrons. The zero-order chi connectivity index (χ0) is 11.4. The van der Waals surface area contributed by atoms with E-state index in [1.807, 2.05) is 6.07 Å². The third kappa shape index (κ3) is 2.90. The van der Waals surface area contributed by atoms with Crippen molar-refractivity contribution in [3.8, 4) is 0 Å². The first-order valence-electron chi connectivity index (χ1n) is 4.92. The van der Waals surface area contributed by atoms with Crippen LogP contribution in [0.4, 0.5) is 8.78 Å².